The van der Waals surface area contributed by atoms with E-state index < -0.39 is 17.5 Å². The third-order valence-corrected chi connectivity index (χ3v) is 1.83. The maximum atomic E-state index is 12.3. The first-order valence-electron chi connectivity index (χ1n) is 3.80. The lowest BCUT2D eigenvalue weighted by Gasteiger charge is -2.10. The molecule has 1 aromatic carbocycles. The quantitative estimate of drug-likeness (QED) is 0.637. The molecule has 0 aliphatic rings. The summed E-state index contributed by atoms with van der Waals surface area (Å²) in [5.41, 5.74) is -0.890. The highest BCUT2D eigenvalue weighted by Gasteiger charge is 2.32. The zero-order chi connectivity index (χ0) is 10.9. The molecule has 0 N–H and O–H groups in total. The van der Waals surface area contributed by atoms with Crippen LogP contribution in [0.1, 0.15) is 21.5 Å². The summed E-state index contributed by atoms with van der Waals surface area (Å²) in [5, 5.41) is 0. The third-order valence-electron chi connectivity index (χ3n) is 1.83. The molecule has 0 heterocycles. The van der Waals surface area contributed by atoms with E-state index in [0.717, 1.165) is 6.07 Å². The predicted molar refractivity (Wildman–Crippen MR) is 44.8 cm³/mol. The SMILES string of the molecule is [CH]C(=O)c1ccc(C)c(C(F)(F)F)c1. The van der Waals surface area contributed by atoms with E-state index in [1.807, 2.05) is 0 Å². The smallest absolute Gasteiger partial charge is 0.294 e. The van der Waals surface area contributed by atoms with Crippen molar-refractivity contribution < 1.29 is 18.0 Å². The van der Waals surface area contributed by atoms with Crippen LogP contribution in [0.15, 0.2) is 18.2 Å². The van der Waals surface area contributed by atoms with Crippen LogP contribution in [-0.4, -0.2) is 5.78 Å². The molecule has 1 aromatic rings. The Morgan fingerprint density at radius 1 is 1.36 bits per heavy atom. The molecule has 0 atom stereocenters. The number of carbonyl (C=O) groups excluding carboxylic acids is 1. The number of halogens is 3. The van der Waals surface area contributed by atoms with Gasteiger partial charge in [0.2, 0.25) is 0 Å². The van der Waals surface area contributed by atoms with Gasteiger partial charge in [-0.15, -0.1) is 0 Å². The molecule has 0 unspecified atom stereocenters. The van der Waals surface area contributed by atoms with E-state index in [0.29, 0.717) is 0 Å². The number of alkyl halides is 3. The van der Waals surface area contributed by atoms with Crippen LogP contribution in [0.5, 0.6) is 0 Å². The van der Waals surface area contributed by atoms with E-state index in [1.54, 1.807) is 0 Å². The molecule has 0 saturated heterocycles. The first-order valence-corrected chi connectivity index (χ1v) is 3.80. The standard InChI is InChI=1S/C10H7F3O/c1-6-3-4-8(7(2)14)5-9(6)10(11,12)13/h2-5H,1H3. The van der Waals surface area contributed by atoms with Crippen LogP contribution in [0.2, 0.25) is 0 Å². The minimum absolute atomic E-state index is 0.0718. The van der Waals surface area contributed by atoms with Crippen molar-refractivity contribution in [3.63, 3.8) is 0 Å². The zero-order valence-electron chi connectivity index (χ0n) is 7.35. The van der Waals surface area contributed by atoms with Crippen molar-refractivity contribution in [3.8, 4) is 0 Å². The summed E-state index contributed by atoms with van der Waals surface area (Å²) in [5.74, 6) is -0.865. The van der Waals surface area contributed by atoms with Gasteiger partial charge < -0.3 is 0 Å². The summed E-state index contributed by atoms with van der Waals surface area (Å²) in [6.45, 7) is 6.20. The highest BCUT2D eigenvalue weighted by molar-refractivity contribution is 5.99. The lowest BCUT2D eigenvalue weighted by atomic mass is 10.0. The van der Waals surface area contributed by atoms with Gasteiger partial charge in [-0.3, -0.25) is 4.79 Å². The second-order valence-electron chi connectivity index (χ2n) is 2.89. The topological polar surface area (TPSA) is 17.1 Å². The first-order chi connectivity index (χ1) is 6.32. The lowest BCUT2D eigenvalue weighted by molar-refractivity contribution is -0.138. The Morgan fingerprint density at radius 2 is 1.93 bits per heavy atom. The second-order valence-corrected chi connectivity index (χ2v) is 2.89. The highest BCUT2D eigenvalue weighted by atomic mass is 19.4. The van der Waals surface area contributed by atoms with Crippen LogP contribution in [-0.2, 0) is 6.18 Å². The van der Waals surface area contributed by atoms with E-state index in [4.69, 9.17) is 6.92 Å². The van der Waals surface area contributed by atoms with Crippen molar-refractivity contribution >= 4 is 5.78 Å². The molecule has 0 aromatic heterocycles. The summed E-state index contributed by atoms with van der Waals surface area (Å²) >= 11 is 0. The van der Waals surface area contributed by atoms with Crippen LogP contribution in [0.3, 0.4) is 0 Å². The minimum Gasteiger partial charge on any atom is -0.294 e. The van der Waals surface area contributed by atoms with Crippen molar-refractivity contribution in [2.75, 3.05) is 0 Å². The van der Waals surface area contributed by atoms with E-state index >= 15 is 0 Å². The van der Waals surface area contributed by atoms with Gasteiger partial charge >= 0.3 is 6.18 Å². The molecule has 0 saturated carbocycles. The Balaban J connectivity index is 3.29. The van der Waals surface area contributed by atoms with Gasteiger partial charge in [0.1, 0.15) is 0 Å². The average Bonchev–Trinajstić information content (AvgIpc) is 2.02. The molecule has 14 heavy (non-hydrogen) atoms. The van der Waals surface area contributed by atoms with Crippen LogP contribution >= 0.6 is 0 Å². The van der Waals surface area contributed by atoms with Gasteiger partial charge in [-0.25, -0.2) is 0 Å². The number of ketones is 1. The Hall–Kier alpha value is -1.32. The highest BCUT2D eigenvalue weighted by Crippen LogP contribution is 2.32. The summed E-state index contributed by atoms with van der Waals surface area (Å²) < 4.78 is 37.0. The van der Waals surface area contributed by atoms with Gasteiger partial charge in [-0.1, -0.05) is 12.1 Å². The number of rotatable bonds is 1. The van der Waals surface area contributed by atoms with Gasteiger partial charge in [0.05, 0.1) is 5.56 Å². The number of carbonyl (C=O) groups is 1. The molecule has 4 heteroatoms. The molecule has 1 rings (SSSR count). The summed E-state index contributed by atoms with van der Waals surface area (Å²) in [6, 6.07) is 3.26. The zero-order valence-corrected chi connectivity index (χ0v) is 7.35. The first kappa shape index (κ1) is 10.8. The van der Waals surface area contributed by atoms with Crippen LogP contribution < -0.4 is 0 Å². The molecular weight excluding hydrogens is 193 g/mol. The van der Waals surface area contributed by atoms with Crippen molar-refractivity contribution in [1.82, 2.24) is 0 Å². The maximum absolute atomic E-state index is 12.3. The van der Waals surface area contributed by atoms with Gasteiger partial charge in [-0.2, -0.15) is 13.2 Å². The average molecular weight is 200 g/mol. The van der Waals surface area contributed by atoms with Crippen molar-refractivity contribution in [3.05, 3.63) is 41.8 Å². The van der Waals surface area contributed by atoms with E-state index in [1.165, 1.54) is 19.1 Å². The maximum Gasteiger partial charge on any atom is 0.416 e. The monoisotopic (exact) mass is 200 g/mol. The number of hydrogen-bond donors (Lipinski definition) is 0. The summed E-state index contributed by atoms with van der Waals surface area (Å²) in [6.07, 6.45) is -4.45. The molecule has 0 amide bonds. The van der Waals surface area contributed by atoms with Gasteiger partial charge in [-0.05, 0) is 18.6 Å². The molecule has 0 bridgehead atoms. The minimum atomic E-state index is -4.45. The van der Waals surface area contributed by atoms with Crippen molar-refractivity contribution in [2.45, 2.75) is 13.1 Å². The molecule has 1 nitrogen and oxygen atoms in total. The van der Waals surface area contributed by atoms with Crippen LogP contribution in [0, 0.1) is 13.8 Å². The number of aryl methyl sites for hydroxylation is 1. The number of benzene rings is 1. The van der Waals surface area contributed by atoms with E-state index in [9.17, 15) is 18.0 Å². The van der Waals surface area contributed by atoms with Crippen LogP contribution in [0.25, 0.3) is 0 Å². The van der Waals surface area contributed by atoms with Crippen LogP contribution in [0.4, 0.5) is 13.2 Å². The van der Waals surface area contributed by atoms with E-state index in [-0.39, 0.29) is 11.1 Å². The van der Waals surface area contributed by atoms with Gasteiger partial charge in [0.25, 0.3) is 0 Å². The fraction of sp³-hybridized carbons (Fsp3) is 0.200. The largest absolute Gasteiger partial charge is 0.416 e. The van der Waals surface area contributed by atoms with Crippen molar-refractivity contribution in [2.24, 2.45) is 0 Å². The fourth-order valence-electron chi connectivity index (χ4n) is 1.08. The fourth-order valence-corrected chi connectivity index (χ4v) is 1.08. The summed E-state index contributed by atoms with van der Waals surface area (Å²) in [4.78, 5) is 10.6. The van der Waals surface area contributed by atoms with Gasteiger partial charge in [0.15, 0.2) is 5.78 Å². The number of Topliss-reactive ketones (excluding diaryl/α,β-unsaturated/α-hetero) is 1. The normalized spacial score (nSPS) is 11.5. The predicted octanol–water partition coefficient (Wildman–Crippen LogP) is 2.91. The third kappa shape index (κ3) is 2.13. The Bertz CT molecular complexity index is 366. The molecule has 2 radical (unpaired) electrons. The van der Waals surface area contributed by atoms with E-state index in [2.05, 4.69) is 0 Å². The molecule has 74 valence electrons. The van der Waals surface area contributed by atoms with Gasteiger partial charge in [0, 0.05) is 12.5 Å². The molecule has 0 aliphatic carbocycles. The second kappa shape index (κ2) is 3.44. The Morgan fingerprint density at radius 3 is 2.36 bits per heavy atom. The number of hydrogen-bond acceptors (Lipinski definition) is 1. The molecular formula is C10H7F3O. The molecule has 0 fully saturated rings. The summed E-state index contributed by atoms with van der Waals surface area (Å²) in [7, 11) is 0. The Labute approximate surface area is 79.5 Å². The lowest BCUT2D eigenvalue weighted by Crippen LogP contribution is -2.09. The molecule has 0 spiro atoms. The molecule has 0 aliphatic heterocycles. The Kier molecular flexibility index (Phi) is 2.64. The van der Waals surface area contributed by atoms with Crippen molar-refractivity contribution in [1.29, 1.82) is 0 Å².